The first-order valence-electron chi connectivity index (χ1n) is 7.84. The van der Waals surface area contributed by atoms with Crippen LogP contribution >= 0.6 is 0 Å². The Labute approximate surface area is 143 Å². The topological polar surface area (TPSA) is 110 Å². The summed E-state index contributed by atoms with van der Waals surface area (Å²) in [5.74, 6) is 1.18. The van der Waals surface area contributed by atoms with Crippen LogP contribution in [0.4, 0.5) is 5.95 Å². The van der Waals surface area contributed by atoms with E-state index < -0.39 is 0 Å². The molecular weight excluding hydrogens is 322 g/mol. The zero-order valence-corrected chi connectivity index (χ0v) is 13.3. The third kappa shape index (κ3) is 3.16. The molecule has 9 heteroatoms. The highest BCUT2D eigenvalue weighted by Crippen LogP contribution is 2.23. The molecule has 0 spiro atoms. The summed E-state index contributed by atoms with van der Waals surface area (Å²) >= 11 is 0. The van der Waals surface area contributed by atoms with Gasteiger partial charge < -0.3 is 14.7 Å². The van der Waals surface area contributed by atoms with E-state index in [1.165, 1.54) is 12.4 Å². The second-order valence-corrected chi connectivity index (χ2v) is 5.52. The summed E-state index contributed by atoms with van der Waals surface area (Å²) in [5, 5.41) is 7.22. The number of rotatable bonds is 4. The Balaban J connectivity index is 1.49. The van der Waals surface area contributed by atoms with Crippen molar-refractivity contribution in [3.8, 4) is 0 Å². The maximum atomic E-state index is 12.6. The van der Waals surface area contributed by atoms with Crippen LogP contribution in [-0.4, -0.2) is 42.4 Å². The molecule has 4 rings (SSSR count). The van der Waals surface area contributed by atoms with Gasteiger partial charge in [-0.2, -0.15) is 0 Å². The van der Waals surface area contributed by atoms with Gasteiger partial charge in [-0.1, -0.05) is 5.16 Å². The van der Waals surface area contributed by atoms with Crippen molar-refractivity contribution < 1.29 is 9.32 Å². The molecule has 0 saturated heterocycles. The quantitative estimate of drug-likeness (QED) is 0.752. The Kier molecular flexibility index (Phi) is 4.03. The van der Waals surface area contributed by atoms with Crippen LogP contribution in [0.2, 0.25) is 0 Å². The lowest BCUT2D eigenvalue weighted by atomic mass is 10.1. The third-order valence-corrected chi connectivity index (χ3v) is 3.96. The number of aromatic nitrogens is 5. The van der Waals surface area contributed by atoms with Gasteiger partial charge in [0.15, 0.2) is 0 Å². The second-order valence-electron chi connectivity index (χ2n) is 5.52. The minimum absolute atomic E-state index is 0.148. The number of hydrogen-bond donors (Lipinski definition) is 1. The van der Waals surface area contributed by atoms with Gasteiger partial charge in [-0.25, -0.2) is 15.0 Å². The Morgan fingerprint density at radius 2 is 2.08 bits per heavy atom. The molecule has 1 N–H and O–H groups in total. The third-order valence-electron chi connectivity index (χ3n) is 3.96. The first-order chi connectivity index (χ1) is 12.3. The molecule has 126 valence electrons. The number of anilines is 1. The number of nitrogens with zero attached hydrogens (tertiary/aromatic N) is 6. The van der Waals surface area contributed by atoms with E-state index in [2.05, 4.69) is 30.4 Å². The molecule has 0 radical (unpaired) electrons. The van der Waals surface area contributed by atoms with E-state index in [0.717, 1.165) is 17.0 Å². The predicted octanol–water partition coefficient (Wildman–Crippen LogP) is 1.07. The number of hydrogen-bond acceptors (Lipinski definition) is 8. The average molecular weight is 337 g/mol. The van der Waals surface area contributed by atoms with Gasteiger partial charge in [0, 0.05) is 43.3 Å². The monoisotopic (exact) mass is 337 g/mol. The number of amides is 1. The highest BCUT2D eigenvalue weighted by atomic mass is 16.5. The van der Waals surface area contributed by atoms with Gasteiger partial charge in [-0.05, 0) is 6.07 Å². The molecule has 3 aromatic heterocycles. The molecule has 1 amide bonds. The van der Waals surface area contributed by atoms with Crippen molar-refractivity contribution >= 4 is 11.9 Å². The summed E-state index contributed by atoms with van der Waals surface area (Å²) < 4.78 is 5.41. The van der Waals surface area contributed by atoms with Crippen LogP contribution in [0.1, 0.15) is 27.5 Å². The van der Waals surface area contributed by atoms with Gasteiger partial charge in [0.05, 0.1) is 19.3 Å². The van der Waals surface area contributed by atoms with Gasteiger partial charge in [-0.15, -0.1) is 0 Å². The molecule has 9 nitrogen and oxygen atoms in total. The van der Waals surface area contributed by atoms with Gasteiger partial charge >= 0.3 is 0 Å². The van der Waals surface area contributed by atoms with Gasteiger partial charge in [-0.3, -0.25) is 9.78 Å². The Bertz CT molecular complexity index is 867. The van der Waals surface area contributed by atoms with Crippen molar-refractivity contribution in [2.24, 2.45) is 0 Å². The van der Waals surface area contributed by atoms with E-state index in [1.54, 1.807) is 29.6 Å². The maximum Gasteiger partial charge on any atom is 0.274 e. The van der Waals surface area contributed by atoms with Crippen molar-refractivity contribution in [1.82, 2.24) is 30.0 Å². The van der Waals surface area contributed by atoms with E-state index >= 15 is 0 Å². The van der Waals surface area contributed by atoms with Crippen molar-refractivity contribution in [3.63, 3.8) is 0 Å². The lowest BCUT2D eigenvalue weighted by Gasteiger charge is -2.25. The molecule has 1 aliphatic heterocycles. The van der Waals surface area contributed by atoms with E-state index in [0.29, 0.717) is 37.7 Å². The highest BCUT2D eigenvalue weighted by molar-refractivity contribution is 5.92. The van der Waals surface area contributed by atoms with E-state index in [9.17, 15) is 4.79 Å². The lowest BCUT2D eigenvalue weighted by molar-refractivity contribution is 0.0722. The fourth-order valence-corrected chi connectivity index (χ4v) is 2.70. The first-order valence-corrected chi connectivity index (χ1v) is 7.84. The standard InChI is InChI=1S/C16H15N7O2/c24-15(13-8-17-5-6-18-13)23-7-2-14-11(10-23)12(22-25-14)9-21-16-19-3-1-4-20-16/h1,3-6,8H,2,7,9-10H2,(H,19,20,21). The molecular formula is C16H15N7O2. The van der Waals surface area contributed by atoms with Crippen LogP contribution in [0, 0.1) is 0 Å². The van der Waals surface area contributed by atoms with Crippen molar-refractivity contribution in [2.45, 2.75) is 19.5 Å². The highest BCUT2D eigenvalue weighted by Gasteiger charge is 2.28. The van der Waals surface area contributed by atoms with Crippen LogP contribution in [0.5, 0.6) is 0 Å². The van der Waals surface area contributed by atoms with Gasteiger partial charge in [0.1, 0.15) is 17.1 Å². The Morgan fingerprint density at radius 3 is 2.88 bits per heavy atom. The molecule has 0 aliphatic carbocycles. The summed E-state index contributed by atoms with van der Waals surface area (Å²) in [6, 6.07) is 1.75. The molecule has 1 aliphatic rings. The Hall–Kier alpha value is -3.36. The predicted molar refractivity (Wildman–Crippen MR) is 86.3 cm³/mol. The minimum atomic E-state index is -0.148. The smallest absolute Gasteiger partial charge is 0.274 e. The zero-order valence-electron chi connectivity index (χ0n) is 13.3. The summed E-state index contributed by atoms with van der Waals surface area (Å²) in [6.45, 7) is 1.42. The molecule has 3 aromatic rings. The van der Waals surface area contributed by atoms with Crippen LogP contribution in [-0.2, 0) is 19.5 Å². The van der Waals surface area contributed by atoms with Crippen molar-refractivity contribution in [1.29, 1.82) is 0 Å². The molecule has 0 aromatic carbocycles. The normalized spacial score (nSPS) is 13.4. The summed E-state index contributed by atoms with van der Waals surface area (Å²) in [6.07, 6.45) is 8.47. The van der Waals surface area contributed by atoms with Crippen LogP contribution in [0.25, 0.3) is 0 Å². The van der Waals surface area contributed by atoms with Gasteiger partial charge in [0.2, 0.25) is 5.95 Å². The molecule has 25 heavy (non-hydrogen) atoms. The number of fused-ring (bicyclic) bond motifs is 1. The first kappa shape index (κ1) is 15.2. The van der Waals surface area contributed by atoms with Crippen LogP contribution in [0.15, 0.2) is 41.6 Å². The van der Waals surface area contributed by atoms with E-state index in [1.807, 2.05) is 0 Å². The largest absolute Gasteiger partial charge is 0.361 e. The lowest BCUT2D eigenvalue weighted by Crippen LogP contribution is -2.36. The van der Waals surface area contributed by atoms with E-state index in [4.69, 9.17) is 4.52 Å². The molecule has 0 bridgehead atoms. The summed E-state index contributed by atoms with van der Waals surface area (Å²) in [4.78, 5) is 30.5. The summed E-state index contributed by atoms with van der Waals surface area (Å²) in [5.41, 5.74) is 2.01. The SMILES string of the molecule is O=C(c1cnccn1)N1CCc2onc(CNc3ncccn3)c2C1. The molecule has 0 atom stereocenters. The molecule has 0 fully saturated rings. The number of nitrogens with one attached hydrogen (secondary N) is 1. The molecule has 4 heterocycles. The molecule has 0 unspecified atom stereocenters. The van der Waals surface area contributed by atoms with E-state index in [-0.39, 0.29) is 5.91 Å². The summed E-state index contributed by atoms with van der Waals surface area (Å²) in [7, 11) is 0. The van der Waals surface area contributed by atoms with Crippen molar-refractivity contribution in [3.05, 3.63) is 59.8 Å². The molecule has 0 saturated carbocycles. The fourth-order valence-electron chi connectivity index (χ4n) is 2.70. The zero-order chi connectivity index (χ0) is 17.1. The van der Waals surface area contributed by atoms with Crippen LogP contribution < -0.4 is 5.32 Å². The second kappa shape index (κ2) is 6.63. The maximum absolute atomic E-state index is 12.6. The van der Waals surface area contributed by atoms with Gasteiger partial charge in [0.25, 0.3) is 5.91 Å². The Morgan fingerprint density at radius 1 is 1.20 bits per heavy atom. The van der Waals surface area contributed by atoms with Crippen LogP contribution in [0.3, 0.4) is 0 Å². The number of carbonyl (C=O) groups is 1. The average Bonchev–Trinajstić information content (AvgIpc) is 3.09. The van der Waals surface area contributed by atoms with Crippen molar-refractivity contribution in [2.75, 3.05) is 11.9 Å². The fraction of sp³-hybridized carbons (Fsp3) is 0.250. The minimum Gasteiger partial charge on any atom is -0.361 e. The number of carbonyl (C=O) groups excluding carboxylic acids is 1.